The van der Waals surface area contributed by atoms with E-state index in [1.165, 1.54) is 11.3 Å². The third-order valence-electron chi connectivity index (χ3n) is 5.88. The van der Waals surface area contributed by atoms with Crippen LogP contribution in [0.3, 0.4) is 0 Å². The summed E-state index contributed by atoms with van der Waals surface area (Å²) >= 11 is 0. The lowest BCUT2D eigenvalue weighted by Crippen LogP contribution is -2.53. The van der Waals surface area contributed by atoms with E-state index in [2.05, 4.69) is 34.1 Å². The van der Waals surface area contributed by atoms with Gasteiger partial charge in [0.15, 0.2) is 0 Å². The van der Waals surface area contributed by atoms with E-state index in [1.54, 1.807) is 7.11 Å². The van der Waals surface area contributed by atoms with Crippen molar-refractivity contribution in [1.82, 2.24) is 4.90 Å². The Kier molecular flexibility index (Phi) is 8.01. The van der Waals surface area contributed by atoms with Crippen LogP contribution in [0.25, 0.3) is 0 Å². The number of anilines is 1. The largest absolute Gasteiger partial charge is 0.497 e. The van der Waals surface area contributed by atoms with E-state index in [-0.39, 0.29) is 6.04 Å². The van der Waals surface area contributed by atoms with Gasteiger partial charge in [-0.3, -0.25) is 4.90 Å². The quantitative estimate of drug-likeness (QED) is 0.472. The topological polar surface area (TPSA) is 34.2 Å². The minimum absolute atomic E-state index is 0.205. The molecule has 0 bridgehead atoms. The first kappa shape index (κ1) is 22.2. The van der Waals surface area contributed by atoms with Crippen LogP contribution < -0.4 is 14.4 Å². The Hall–Kier alpha value is -3.02. The standard InChI is InChI=1S/C27H32N2O3/c1-30-26-14-12-24(13-15-26)28-16-18-29(19-17-28)25(22-32-27-10-6-3-7-11-27)21-31-20-23-8-4-2-5-9-23/h2-15,25H,16-22H2,1H3. The van der Waals surface area contributed by atoms with Crippen LogP contribution in [0.4, 0.5) is 5.69 Å². The summed E-state index contributed by atoms with van der Waals surface area (Å²) in [6.07, 6.45) is 0. The predicted molar refractivity (Wildman–Crippen MR) is 129 cm³/mol. The lowest BCUT2D eigenvalue weighted by atomic mass is 10.2. The molecule has 0 amide bonds. The Balaban J connectivity index is 1.34. The summed E-state index contributed by atoms with van der Waals surface area (Å²) in [6, 6.07) is 28.9. The van der Waals surface area contributed by atoms with Crippen LogP contribution in [0.1, 0.15) is 5.56 Å². The molecule has 1 unspecified atom stereocenters. The highest BCUT2D eigenvalue weighted by molar-refractivity contribution is 5.49. The van der Waals surface area contributed by atoms with Crippen LogP contribution in [0.15, 0.2) is 84.9 Å². The van der Waals surface area contributed by atoms with Crippen LogP contribution in [-0.2, 0) is 11.3 Å². The van der Waals surface area contributed by atoms with Crippen molar-refractivity contribution in [2.24, 2.45) is 0 Å². The molecule has 5 nitrogen and oxygen atoms in total. The molecule has 5 heteroatoms. The number of methoxy groups -OCH3 is 1. The third kappa shape index (κ3) is 6.25. The van der Waals surface area contributed by atoms with Gasteiger partial charge in [0, 0.05) is 31.9 Å². The summed E-state index contributed by atoms with van der Waals surface area (Å²) in [7, 11) is 1.70. The smallest absolute Gasteiger partial charge is 0.119 e. The monoisotopic (exact) mass is 432 g/mol. The molecule has 1 aliphatic rings. The van der Waals surface area contributed by atoms with E-state index in [1.807, 2.05) is 60.7 Å². The number of ether oxygens (including phenoxy) is 3. The minimum atomic E-state index is 0.205. The summed E-state index contributed by atoms with van der Waals surface area (Å²) in [4.78, 5) is 4.92. The van der Waals surface area contributed by atoms with E-state index >= 15 is 0 Å². The van der Waals surface area contributed by atoms with Crippen LogP contribution in [0.2, 0.25) is 0 Å². The molecular weight excluding hydrogens is 400 g/mol. The predicted octanol–water partition coefficient (Wildman–Crippen LogP) is 4.48. The number of rotatable bonds is 10. The van der Waals surface area contributed by atoms with Gasteiger partial charge in [-0.05, 0) is 42.0 Å². The molecule has 0 radical (unpaired) electrons. The fourth-order valence-corrected chi connectivity index (χ4v) is 3.99. The first-order valence-electron chi connectivity index (χ1n) is 11.2. The maximum absolute atomic E-state index is 6.11. The van der Waals surface area contributed by atoms with Gasteiger partial charge in [0.1, 0.15) is 18.1 Å². The fraction of sp³-hybridized carbons (Fsp3) is 0.333. The highest BCUT2D eigenvalue weighted by atomic mass is 16.5. The third-order valence-corrected chi connectivity index (χ3v) is 5.88. The van der Waals surface area contributed by atoms with E-state index in [0.717, 1.165) is 37.7 Å². The van der Waals surface area contributed by atoms with Crippen molar-refractivity contribution in [2.45, 2.75) is 12.6 Å². The molecule has 1 atom stereocenters. The lowest BCUT2D eigenvalue weighted by molar-refractivity contribution is 0.0267. The van der Waals surface area contributed by atoms with Crippen molar-refractivity contribution in [3.05, 3.63) is 90.5 Å². The number of hydrogen-bond donors (Lipinski definition) is 0. The SMILES string of the molecule is COc1ccc(N2CCN(C(COCc3ccccc3)COc3ccccc3)CC2)cc1. The molecule has 168 valence electrons. The van der Waals surface area contributed by atoms with Crippen LogP contribution in [-0.4, -0.2) is 57.4 Å². The highest BCUT2D eigenvalue weighted by Gasteiger charge is 2.25. The molecule has 32 heavy (non-hydrogen) atoms. The van der Waals surface area contributed by atoms with Crippen molar-refractivity contribution in [2.75, 3.05) is 51.4 Å². The average Bonchev–Trinajstić information content (AvgIpc) is 2.87. The van der Waals surface area contributed by atoms with Gasteiger partial charge in [-0.25, -0.2) is 0 Å². The Morgan fingerprint density at radius 1 is 0.719 bits per heavy atom. The van der Waals surface area contributed by atoms with Crippen molar-refractivity contribution in [3.8, 4) is 11.5 Å². The molecule has 0 saturated carbocycles. The number of para-hydroxylation sites is 1. The molecule has 0 aromatic heterocycles. The van der Waals surface area contributed by atoms with Gasteiger partial charge in [0.25, 0.3) is 0 Å². The Bertz CT molecular complexity index is 911. The second-order valence-corrected chi connectivity index (χ2v) is 8.00. The van der Waals surface area contributed by atoms with Crippen molar-refractivity contribution >= 4 is 5.69 Å². The molecule has 0 N–H and O–H groups in total. The molecule has 3 aromatic rings. The van der Waals surface area contributed by atoms with Gasteiger partial charge >= 0.3 is 0 Å². The zero-order valence-electron chi connectivity index (χ0n) is 18.7. The molecule has 1 aliphatic heterocycles. The van der Waals surface area contributed by atoms with Crippen LogP contribution in [0, 0.1) is 0 Å². The Morgan fingerprint density at radius 3 is 2.03 bits per heavy atom. The summed E-state index contributed by atoms with van der Waals surface area (Å²) in [5.74, 6) is 1.79. The lowest BCUT2D eigenvalue weighted by Gasteiger charge is -2.40. The second-order valence-electron chi connectivity index (χ2n) is 8.00. The first-order chi connectivity index (χ1) is 15.8. The first-order valence-corrected chi connectivity index (χ1v) is 11.2. The van der Waals surface area contributed by atoms with Crippen molar-refractivity contribution < 1.29 is 14.2 Å². The number of benzene rings is 3. The Morgan fingerprint density at radius 2 is 1.38 bits per heavy atom. The summed E-state index contributed by atoms with van der Waals surface area (Å²) in [5, 5.41) is 0. The average molecular weight is 433 g/mol. The number of piperazine rings is 1. The molecule has 1 heterocycles. The van der Waals surface area contributed by atoms with Gasteiger partial charge in [-0.2, -0.15) is 0 Å². The van der Waals surface area contributed by atoms with Gasteiger partial charge in [-0.15, -0.1) is 0 Å². The molecule has 1 saturated heterocycles. The van der Waals surface area contributed by atoms with Gasteiger partial charge < -0.3 is 19.1 Å². The van der Waals surface area contributed by atoms with E-state index < -0.39 is 0 Å². The number of nitrogens with zero attached hydrogens (tertiary/aromatic N) is 2. The fourth-order valence-electron chi connectivity index (χ4n) is 3.99. The van der Waals surface area contributed by atoms with Crippen LogP contribution >= 0.6 is 0 Å². The van der Waals surface area contributed by atoms with E-state index in [9.17, 15) is 0 Å². The molecule has 0 spiro atoms. The summed E-state index contributed by atoms with van der Waals surface area (Å²) in [6.45, 7) is 5.78. The maximum Gasteiger partial charge on any atom is 0.119 e. The Labute approximate surface area is 191 Å². The van der Waals surface area contributed by atoms with E-state index in [4.69, 9.17) is 14.2 Å². The normalized spacial score (nSPS) is 15.3. The molecule has 4 rings (SSSR count). The van der Waals surface area contributed by atoms with Crippen molar-refractivity contribution in [1.29, 1.82) is 0 Å². The van der Waals surface area contributed by atoms with Crippen molar-refractivity contribution in [3.63, 3.8) is 0 Å². The maximum atomic E-state index is 6.11. The summed E-state index contributed by atoms with van der Waals surface area (Å²) in [5.41, 5.74) is 2.43. The zero-order chi connectivity index (χ0) is 22.0. The van der Waals surface area contributed by atoms with Crippen LogP contribution in [0.5, 0.6) is 11.5 Å². The highest BCUT2D eigenvalue weighted by Crippen LogP contribution is 2.21. The molecule has 1 fully saturated rings. The van der Waals surface area contributed by atoms with Gasteiger partial charge in [-0.1, -0.05) is 48.5 Å². The molecular formula is C27H32N2O3. The second kappa shape index (κ2) is 11.6. The summed E-state index contributed by atoms with van der Waals surface area (Å²) < 4.78 is 17.5. The van der Waals surface area contributed by atoms with Gasteiger partial charge in [0.05, 0.1) is 26.4 Å². The number of hydrogen-bond acceptors (Lipinski definition) is 5. The van der Waals surface area contributed by atoms with Gasteiger partial charge in [0.2, 0.25) is 0 Å². The minimum Gasteiger partial charge on any atom is -0.497 e. The van der Waals surface area contributed by atoms with E-state index in [0.29, 0.717) is 19.8 Å². The molecule has 3 aromatic carbocycles. The molecule has 0 aliphatic carbocycles. The zero-order valence-corrected chi connectivity index (χ0v) is 18.7.